The van der Waals surface area contributed by atoms with Crippen LogP contribution < -0.4 is 5.73 Å². The maximum absolute atomic E-state index is 5.90. The third kappa shape index (κ3) is 2.05. The molecule has 2 N–H and O–H groups in total. The van der Waals surface area contributed by atoms with Crippen molar-refractivity contribution < 1.29 is 0 Å². The second-order valence-corrected chi connectivity index (χ2v) is 4.85. The van der Waals surface area contributed by atoms with E-state index < -0.39 is 0 Å². The van der Waals surface area contributed by atoms with Gasteiger partial charge in [-0.15, -0.1) is 0 Å². The third-order valence-corrected chi connectivity index (χ3v) is 3.86. The lowest BCUT2D eigenvalue weighted by atomic mass is 9.99. The monoisotopic (exact) mass is 182 g/mol. The standard InChI is InChI=1S/C11H22N2/c1-9-3-2-4-11(9)13-7-5-10(12)6-8-13/h9-11H,2-8,12H2,1H3. The molecule has 76 valence electrons. The van der Waals surface area contributed by atoms with Crippen LogP contribution in [-0.4, -0.2) is 30.1 Å². The molecule has 0 aromatic carbocycles. The van der Waals surface area contributed by atoms with E-state index in [1.54, 1.807) is 0 Å². The fraction of sp³-hybridized carbons (Fsp3) is 1.00. The molecule has 2 fully saturated rings. The van der Waals surface area contributed by atoms with Gasteiger partial charge in [-0.05, 0) is 44.7 Å². The molecule has 2 nitrogen and oxygen atoms in total. The average Bonchev–Trinajstić information content (AvgIpc) is 2.53. The van der Waals surface area contributed by atoms with Crippen molar-refractivity contribution in [3.05, 3.63) is 0 Å². The molecule has 0 bridgehead atoms. The molecule has 0 aromatic heterocycles. The topological polar surface area (TPSA) is 29.3 Å². The first-order valence-corrected chi connectivity index (χ1v) is 5.77. The lowest BCUT2D eigenvalue weighted by Gasteiger charge is -2.36. The Morgan fingerprint density at radius 1 is 1.08 bits per heavy atom. The molecule has 1 saturated carbocycles. The maximum Gasteiger partial charge on any atom is 0.0121 e. The molecule has 0 aromatic rings. The SMILES string of the molecule is CC1CCCC1N1CCC(N)CC1. The molecule has 2 aliphatic rings. The van der Waals surface area contributed by atoms with Gasteiger partial charge in [0.15, 0.2) is 0 Å². The fourth-order valence-electron chi connectivity index (χ4n) is 2.92. The van der Waals surface area contributed by atoms with Crippen molar-refractivity contribution in [1.29, 1.82) is 0 Å². The molecular weight excluding hydrogens is 160 g/mol. The van der Waals surface area contributed by atoms with Gasteiger partial charge in [-0.2, -0.15) is 0 Å². The van der Waals surface area contributed by atoms with Gasteiger partial charge in [-0.1, -0.05) is 13.3 Å². The highest BCUT2D eigenvalue weighted by Gasteiger charge is 2.30. The second kappa shape index (κ2) is 3.97. The van der Waals surface area contributed by atoms with Gasteiger partial charge in [0.05, 0.1) is 0 Å². The molecular formula is C11H22N2. The van der Waals surface area contributed by atoms with Crippen molar-refractivity contribution in [2.45, 2.75) is 51.1 Å². The largest absolute Gasteiger partial charge is 0.328 e. The van der Waals surface area contributed by atoms with E-state index in [1.165, 1.54) is 45.2 Å². The van der Waals surface area contributed by atoms with Gasteiger partial charge in [0.25, 0.3) is 0 Å². The van der Waals surface area contributed by atoms with Crippen LogP contribution in [-0.2, 0) is 0 Å². The minimum Gasteiger partial charge on any atom is -0.328 e. The van der Waals surface area contributed by atoms with Crippen LogP contribution in [0.4, 0.5) is 0 Å². The lowest BCUT2D eigenvalue weighted by Crippen LogP contribution is -2.45. The summed E-state index contributed by atoms with van der Waals surface area (Å²) in [5, 5.41) is 0. The molecule has 1 aliphatic heterocycles. The summed E-state index contributed by atoms with van der Waals surface area (Å²) in [6.45, 7) is 4.90. The fourth-order valence-corrected chi connectivity index (χ4v) is 2.92. The molecule has 2 atom stereocenters. The number of rotatable bonds is 1. The summed E-state index contributed by atoms with van der Waals surface area (Å²) < 4.78 is 0. The molecule has 0 spiro atoms. The van der Waals surface area contributed by atoms with Crippen molar-refractivity contribution in [1.82, 2.24) is 4.90 Å². The lowest BCUT2D eigenvalue weighted by molar-refractivity contribution is 0.130. The zero-order chi connectivity index (χ0) is 9.26. The third-order valence-electron chi connectivity index (χ3n) is 3.86. The number of hydrogen-bond donors (Lipinski definition) is 1. The van der Waals surface area contributed by atoms with Crippen LogP contribution in [0.15, 0.2) is 0 Å². The average molecular weight is 182 g/mol. The van der Waals surface area contributed by atoms with E-state index in [1.807, 2.05) is 0 Å². The molecule has 2 unspecified atom stereocenters. The number of likely N-dealkylation sites (tertiary alicyclic amines) is 1. The summed E-state index contributed by atoms with van der Waals surface area (Å²) in [4.78, 5) is 2.68. The van der Waals surface area contributed by atoms with E-state index in [0.29, 0.717) is 6.04 Å². The number of nitrogens with two attached hydrogens (primary N) is 1. The number of hydrogen-bond acceptors (Lipinski definition) is 2. The molecule has 0 amide bonds. The van der Waals surface area contributed by atoms with E-state index in [-0.39, 0.29) is 0 Å². The Hall–Kier alpha value is -0.0800. The zero-order valence-electron chi connectivity index (χ0n) is 8.71. The quantitative estimate of drug-likeness (QED) is 0.667. The van der Waals surface area contributed by atoms with Crippen LogP contribution in [0.1, 0.15) is 39.0 Å². The molecule has 1 saturated heterocycles. The zero-order valence-corrected chi connectivity index (χ0v) is 8.71. The summed E-state index contributed by atoms with van der Waals surface area (Å²) in [6, 6.07) is 1.36. The Morgan fingerprint density at radius 2 is 1.77 bits per heavy atom. The van der Waals surface area contributed by atoms with E-state index in [0.717, 1.165) is 12.0 Å². The molecule has 2 heteroatoms. The Morgan fingerprint density at radius 3 is 2.31 bits per heavy atom. The van der Waals surface area contributed by atoms with Gasteiger partial charge in [-0.25, -0.2) is 0 Å². The van der Waals surface area contributed by atoms with Crippen LogP contribution in [0.2, 0.25) is 0 Å². The van der Waals surface area contributed by atoms with Crippen LogP contribution in [0.25, 0.3) is 0 Å². The van der Waals surface area contributed by atoms with Crippen molar-refractivity contribution in [3.63, 3.8) is 0 Å². The molecule has 0 radical (unpaired) electrons. The van der Waals surface area contributed by atoms with E-state index >= 15 is 0 Å². The highest BCUT2D eigenvalue weighted by atomic mass is 15.2. The van der Waals surface area contributed by atoms with Gasteiger partial charge in [-0.3, -0.25) is 0 Å². The van der Waals surface area contributed by atoms with Crippen molar-refractivity contribution in [2.24, 2.45) is 11.7 Å². The van der Waals surface area contributed by atoms with Gasteiger partial charge in [0, 0.05) is 12.1 Å². The van der Waals surface area contributed by atoms with Crippen LogP contribution >= 0.6 is 0 Å². The first-order chi connectivity index (χ1) is 6.27. The van der Waals surface area contributed by atoms with Crippen LogP contribution in [0.5, 0.6) is 0 Å². The molecule has 1 aliphatic carbocycles. The smallest absolute Gasteiger partial charge is 0.0121 e. The predicted octanol–water partition coefficient (Wildman–Crippen LogP) is 1.60. The van der Waals surface area contributed by atoms with E-state index in [2.05, 4.69) is 11.8 Å². The van der Waals surface area contributed by atoms with Crippen LogP contribution in [0, 0.1) is 5.92 Å². The Bertz CT molecular complexity index is 161. The maximum atomic E-state index is 5.90. The number of piperidine rings is 1. The Labute approximate surface area is 81.5 Å². The highest BCUT2D eigenvalue weighted by molar-refractivity contribution is 4.86. The van der Waals surface area contributed by atoms with Crippen molar-refractivity contribution in [2.75, 3.05) is 13.1 Å². The molecule has 1 heterocycles. The summed E-state index contributed by atoms with van der Waals surface area (Å²) in [7, 11) is 0. The number of nitrogens with zero attached hydrogens (tertiary/aromatic N) is 1. The summed E-state index contributed by atoms with van der Waals surface area (Å²) >= 11 is 0. The van der Waals surface area contributed by atoms with Gasteiger partial charge < -0.3 is 10.6 Å². The summed E-state index contributed by atoms with van der Waals surface area (Å²) in [5.74, 6) is 0.925. The second-order valence-electron chi connectivity index (χ2n) is 4.85. The minimum absolute atomic E-state index is 0.480. The van der Waals surface area contributed by atoms with Gasteiger partial charge in [0.2, 0.25) is 0 Å². The summed E-state index contributed by atoms with van der Waals surface area (Å²) in [5.41, 5.74) is 5.90. The normalized spacial score (nSPS) is 38.3. The van der Waals surface area contributed by atoms with Gasteiger partial charge >= 0.3 is 0 Å². The first-order valence-electron chi connectivity index (χ1n) is 5.77. The van der Waals surface area contributed by atoms with Crippen molar-refractivity contribution in [3.8, 4) is 0 Å². The summed E-state index contributed by atoms with van der Waals surface area (Å²) in [6.07, 6.45) is 6.73. The van der Waals surface area contributed by atoms with E-state index in [4.69, 9.17) is 5.73 Å². The van der Waals surface area contributed by atoms with Crippen LogP contribution in [0.3, 0.4) is 0 Å². The Balaban J connectivity index is 1.86. The van der Waals surface area contributed by atoms with E-state index in [9.17, 15) is 0 Å². The molecule has 2 rings (SSSR count). The van der Waals surface area contributed by atoms with Gasteiger partial charge in [0.1, 0.15) is 0 Å². The molecule has 13 heavy (non-hydrogen) atoms. The first kappa shape index (κ1) is 9.47. The highest BCUT2D eigenvalue weighted by Crippen LogP contribution is 2.30. The predicted molar refractivity (Wildman–Crippen MR) is 55.6 cm³/mol. The Kier molecular flexibility index (Phi) is 2.89. The van der Waals surface area contributed by atoms with Crippen molar-refractivity contribution >= 4 is 0 Å². The minimum atomic E-state index is 0.480.